The zero-order valence-electron chi connectivity index (χ0n) is 11.2. The molecule has 0 saturated carbocycles. The minimum absolute atomic E-state index is 0.0738. The molecule has 0 saturated heterocycles. The fraction of sp³-hybridized carbons (Fsp3) is 0. The zero-order chi connectivity index (χ0) is 15.9. The first kappa shape index (κ1) is 13.6. The third-order valence-electron chi connectivity index (χ3n) is 3.44. The Hall–Kier alpha value is -3.39. The van der Waals surface area contributed by atoms with Crippen LogP contribution in [0.1, 0.15) is 36.6 Å². The van der Waals surface area contributed by atoms with E-state index in [0.29, 0.717) is 11.3 Å². The summed E-state index contributed by atoms with van der Waals surface area (Å²) in [6.07, 6.45) is 5.37. The van der Waals surface area contributed by atoms with Crippen molar-refractivity contribution in [3.05, 3.63) is 64.7 Å². The van der Waals surface area contributed by atoms with Crippen molar-refractivity contribution in [2.45, 2.75) is 0 Å². The predicted octanol–water partition coefficient (Wildman–Crippen LogP) is 2.17. The largest absolute Gasteiger partial charge is 0.478 e. The fourth-order valence-electron chi connectivity index (χ4n) is 2.39. The minimum Gasteiger partial charge on any atom is -0.478 e. The second-order valence-electron chi connectivity index (χ2n) is 4.67. The molecule has 0 fully saturated rings. The van der Waals surface area contributed by atoms with Gasteiger partial charge in [-0.25, -0.2) is 9.69 Å². The van der Waals surface area contributed by atoms with Crippen LogP contribution in [0, 0.1) is 12.3 Å². The molecule has 106 valence electrons. The highest BCUT2D eigenvalue weighted by molar-refractivity contribution is 6.35. The van der Waals surface area contributed by atoms with Crippen LogP contribution in [-0.2, 0) is 0 Å². The van der Waals surface area contributed by atoms with Gasteiger partial charge in [0.05, 0.1) is 22.4 Å². The van der Waals surface area contributed by atoms with Crippen LogP contribution in [0.5, 0.6) is 0 Å². The van der Waals surface area contributed by atoms with Crippen molar-refractivity contribution < 1.29 is 19.5 Å². The number of carbonyl (C=O) groups is 3. The Morgan fingerprint density at radius 2 is 1.73 bits per heavy atom. The summed E-state index contributed by atoms with van der Waals surface area (Å²) in [5.41, 5.74) is 1.20. The summed E-state index contributed by atoms with van der Waals surface area (Å²) in [7, 11) is 0. The number of nitrogens with zero attached hydrogens (tertiary/aromatic N) is 1. The standard InChI is InChI=1S/C17H9NO4/c1-2-10-4-3-5-13-14(10)16(20)18(15(13)19)12-8-6-11(7-9-12)17(21)22/h1,3-9H,(H,21,22). The summed E-state index contributed by atoms with van der Waals surface area (Å²) in [4.78, 5) is 36.8. The number of imide groups is 1. The minimum atomic E-state index is -1.08. The molecule has 3 rings (SSSR count). The van der Waals surface area contributed by atoms with Crippen LogP contribution in [0.25, 0.3) is 0 Å². The number of benzene rings is 2. The van der Waals surface area contributed by atoms with Gasteiger partial charge in [0.15, 0.2) is 0 Å². The van der Waals surface area contributed by atoms with E-state index in [1.165, 1.54) is 24.3 Å². The lowest BCUT2D eigenvalue weighted by molar-refractivity contribution is 0.0696. The molecule has 0 radical (unpaired) electrons. The molecule has 0 aromatic heterocycles. The number of rotatable bonds is 2. The molecule has 0 unspecified atom stereocenters. The maximum Gasteiger partial charge on any atom is 0.335 e. The summed E-state index contributed by atoms with van der Waals surface area (Å²) in [5, 5.41) is 8.89. The number of hydrogen-bond donors (Lipinski definition) is 1. The van der Waals surface area contributed by atoms with Crippen molar-refractivity contribution in [3.8, 4) is 12.3 Å². The number of carboxylic acids is 1. The Kier molecular flexibility index (Phi) is 3.00. The summed E-state index contributed by atoms with van der Waals surface area (Å²) in [6.45, 7) is 0. The van der Waals surface area contributed by atoms with Crippen molar-refractivity contribution in [1.82, 2.24) is 0 Å². The van der Waals surface area contributed by atoms with Gasteiger partial charge < -0.3 is 5.11 Å². The van der Waals surface area contributed by atoms with Crippen molar-refractivity contribution in [2.75, 3.05) is 4.90 Å². The molecule has 5 heteroatoms. The summed E-state index contributed by atoms with van der Waals surface area (Å²) in [6, 6.07) is 10.3. The van der Waals surface area contributed by atoms with Crippen LogP contribution in [0.4, 0.5) is 5.69 Å². The second-order valence-corrected chi connectivity index (χ2v) is 4.67. The van der Waals surface area contributed by atoms with Crippen molar-refractivity contribution in [2.24, 2.45) is 0 Å². The number of carbonyl (C=O) groups excluding carboxylic acids is 2. The van der Waals surface area contributed by atoms with Crippen LogP contribution in [-0.4, -0.2) is 22.9 Å². The molecule has 2 amide bonds. The maximum atomic E-state index is 12.5. The van der Waals surface area contributed by atoms with E-state index in [-0.39, 0.29) is 16.7 Å². The molecule has 22 heavy (non-hydrogen) atoms. The van der Waals surface area contributed by atoms with E-state index < -0.39 is 17.8 Å². The third kappa shape index (κ3) is 1.86. The van der Waals surface area contributed by atoms with E-state index in [9.17, 15) is 14.4 Å². The SMILES string of the molecule is C#Cc1cccc2c1C(=O)N(c1ccc(C(=O)O)cc1)C2=O. The third-order valence-corrected chi connectivity index (χ3v) is 3.44. The van der Waals surface area contributed by atoms with Crippen molar-refractivity contribution in [1.29, 1.82) is 0 Å². The number of anilines is 1. The Morgan fingerprint density at radius 3 is 2.32 bits per heavy atom. The number of aromatic carboxylic acids is 1. The van der Waals surface area contributed by atoms with Gasteiger partial charge in [-0.1, -0.05) is 12.0 Å². The van der Waals surface area contributed by atoms with Crippen molar-refractivity contribution in [3.63, 3.8) is 0 Å². The van der Waals surface area contributed by atoms with Gasteiger partial charge in [0.2, 0.25) is 0 Å². The van der Waals surface area contributed by atoms with Crippen LogP contribution in [0.2, 0.25) is 0 Å². The van der Waals surface area contributed by atoms with Gasteiger partial charge in [-0.05, 0) is 36.4 Å². The Morgan fingerprint density at radius 1 is 1.05 bits per heavy atom. The molecule has 2 aromatic carbocycles. The normalized spacial score (nSPS) is 13.0. The average Bonchev–Trinajstić information content (AvgIpc) is 2.79. The molecule has 1 aliphatic heterocycles. The lowest BCUT2D eigenvalue weighted by Crippen LogP contribution is -2.29. The van der Waals surface area contributed by atoms with E-state index in [0.717, 1.165) is 4.90 Å². The molecule has 1 N–H and O–H groups in total. The summed E-state index contributed by atoms with van der Waals surface area (Å²) >= 11 is 0. The van der Waals surface area contributed by atoms with Crippen LogP contribution in [0.15, 0.2) is 42.5 Å². The van der Waals surface area contributed by atoms with Gasteiger partial charge in [0, 0.05) is 5.56 Å². The molecule has 2 aromatic rings. The Labute approximate surface area is 125 Å². The van der Waals surface area contributed by atoms with Gasteiger partial charge >= 0.3 is 5.97 Å². The first-order valence-electron chi connectivity index (χ1n) is 6.36. The smallest absolute Gasteiger partial charge is 0.335 e. The van der Waals surface area contributed by atoms with Gasteiger partial charge in [0.25, 0.3) is 11.8 Å². The molecule has 0 atom stereocenters. The highest BCUT2D eigenvalue weighted by Gasteiger charge is 2.38. The molecule has 0 spiro atoms. The highest BCUT2D eigenvalue weighted by Crippen LogP contribution is 2.30. The number of amides is 2. The quantitative estimate of drug-likeness (QED) is 0.679. The number of terminal acetylenes is 1. The first-order valence-corrected chi connectivity index (χ1v) is 6.36. The molecular formula is C17H9NO4. The lowest BCUT2D eigenvalue weighted by atomic mass is 10.0. The lowest BCUT2D eigenvalue weighted by Gasteiger charge is -2.13. The van der Waals surface area contributed by atoms with Gasteiger partial charge in [-0.15, -0.1) is 6.42 Å². The first-order chi connectivity index (χ1) is 10.5. The molecule has 1 heterocycles. The van der Waals surface area contributed by atoms with E-state index in [2.05, 4.69) is 5.92 Å². The predicted molar refractivity (Wildman–Crippen MR) is 78.9 cm³/mol. The molecule has 0 aliphatic carbocycles. The average molecular weight is 291 g/mol. The molecule has 0 bridgehead atoms. The van der Waals surface area contributed by atoms with Gasteiger partial charge in [-0.3, -0.25) is 9.59 Å². The number of carboxylic acid groups (broad SMARTS) is 1. The maximum absolute atomic E-state index is 12.5. The van der Waals surface area contributed by atoms with Crippen LogP contribution in [0.3, 0.4) is 0 Å². The summed E-state index contributed by atoms with van der Waals surface area (Å²) in [5.74, 6) is 0.342. The Balaban J connectivity index is 2.08. The highest BCUT2D eigenvalue weighted by atomic mass is 16.4. The molecule has 1 aliphatic rings. The van der Waals surface area contributed by atoms with E-state index in [4.69, 9.17) is 11.5 Å². The van der Waals surface area contributed by atoms with Crippen molar-refractivity contribution >= 4 is 23.5 Å². The number of fused-ring (bicyclic) bond motifs is 1. The van der Waals surface area contributed by atoms with Crippen LogP contribution < -0.4 is 4.90 Å². The fourth-order valence-corrected chi connectivity index (χ4v) is 2.39. The van der Waals surface area contributed by atoms with E-state index in [1.54, 1.807) is 18.2 Å². The topological polar surface area (TPSA) is 74.7 Å². The van der Waals surface area contributed by atoms with Crippen LogP contribution >= 0.6 is 0 Å². The number of hydrogen-bond acceptors (Lipinski definition) is 3. The monoisotopic (exact) mass is 291 g/mol. The van der Waals surface area contributed by atoms with Gasteiger partial charge in [-0.2, -0.15) is 0 Å². The van der Waals surface area contributed by atoms with Gasteiger partial charge in [0.1, 0.15) is 0 Å². The summed E-state index contributed by atoms with van der Waals surface area (Å²) < 4.78 is 0. The van der Waals surface area contributed by atoms with E-state index in [1.807, 2.05) is 0 Å². The Bertz CT molecular complexity index is 859. The second kappa shape index (κ2) is 4.86. The zero-order valence-corrected chi connectivity index (χ0v) is 11.2. The molecular weight excluding hydrogens is 282 g/mol. The molecule has 5 nitrogen and oxygen atoms in total. The van der Waals surface area contributed by atoms with E-state index >= 15 is 0 Å².